The number of aromatic nitrogens is 1. The van der Waals surface area contributed by atoms with Crippen LogP contribution in [-0.4, -0.2) is 35.7 Å². The zero-order valence-corrected chi connectivity index (χ0v) is 12.5. The van der Waals surface area contributed by atoms with Crippen LogP contribution in [0.15, 0.2) is 18.3 Å². The summed E-state index contributed by atoms with van der Waals surface area (Å²) < 4.78 is 4.99. The molecular formula is C14H21N3O4. The molecule has 0 bridgehead atoms. The van der Waals surface area contributed by atoms with Crippen LogP contribution in [0.2, 0.25) is 0 Å². The minimum atomic E-state index is -0.961. The second-order valence-electron chi connectivity index (χ2n) is 4.96. The monoisotopic (exact) mass is 295 g/mol. The van der Waals surface area contributed by atoms with Crippen molar-refractivity contribution in [2.75, 3.05) is 13.7 Å². The number of rotatable bonds is 7. The highest BCUT2D eigenvalue weighted by Crippen LogP contribution is 2.19. The van der Waals surface area contributed by atoms with Gasteiger partial charge in [-0.15, -0.1) is 0 Å². The minimum absolute atomic E-state index is 0.0737. The van der Waals surface area contributed by atoms with E-state index in [9.17, 15) is 9.59 Å². The standard InChI is InChI=1S/C14H21N3O4/c1-4-14(2,12(18)19)9-17-13(20)16-8-10-5-6-15-11(7-10)21-3/h5-7H,4,8-9H2,1-3H3,(H,18,19)(H2,16,17,20). The van der Waals surface area contributed by atoms with Gasteiger partial charge in [0.15, 0.2) is 0 Å². The van der Waals surface area contributed by atoms with E-state index in [1.54, 1.807) is 32.2 Å². The van der Waals surface area contributed by atoms with Crippen molar-refractivity contribution in [3.05, 3.63) is 23.9 Å². The highest BCUT2D eigenvalue weighted by Gasteiger charge is 2.31. The minimum Gasteiger partial charge on any atom is -0.481 e. The van der Waals surface area contributed by atoms with Gasteiger partial charge in [0, 0.05) is 25.4 Å². The molecule has 0 saturated carbocycles. The molecule has 0 aliphatic carbocycles. The molecule has 2 amide bonds. The van der Waals surface area contributed by atoms with Crippen LogP contribution in [0.3, 0.4) is 0 Å². The molecule has 1 unspecified atom stereocenters. The molecule has 7 heteroatoms. The number of pyridine rings is 1. The first-order chi connectivity index (χ1) is 9.91. The second-order valence-corrected chi connectivity index (χ2v) is 4.96. The Morgan fingerprint density at radius 2 is 2.14 bits per heavy atom. The van der Waals surface area contributed by atoms with E-state index in [0.717, 1.165) is 5.56 Å². The van der Waals surface area contributed by atoms with Gasteiger partial charge in [0.25, 0.3) is 0 Å². The number of carboxylic acids is 1. The Kier molecular flexibility index (Phi) is 5.95. The number of ether oxygens (including phenoxy) is 1. The summed E-state index contributed by atoms with van der Waals surface area (Å²) in [5.41, 5.74) is -0.120. The van der Waals surface area contributed by atoms with Crippen molar-refractivity contribution in [1.82, 2.24) is 15.6 Å². The van der Waals surface area contributed by atoms with E-state index in [4.69, 9.17) is 9.84 Å². The number of carbonyl (C=O) groups excluding carboxylic acids is 1. The summed E-state index contributed by atoms with van der Waals surface area (Å²) in [5, 5.41) is 14.4. The van der Waals surface area contributed by atoms with Crippen LogP contribution in [0.25, 0.3) is 0 Å². The zero-order chi connectivity index (χ0) is 15.9. The van der Waals surface area contributed by atoms with Crippen molar-refractivity contribution in [3.8, 4) is 5.88 Å². The second kappa shape index (κ2) is 7.47. The van der Waals surface area contributed by atoms with Crippen LogP contribution in [-0.2, 0) is 11.3 Å². The number of nitrogens with zero attached hydrogens (tertiary/aromatic N) is 1. The molecule has 3 N–H and O–H groups in total. The highest BCUT2D eigenvalue weighted by atomic mass is 16.5. The number of aliphatic carboxylic acids is 1. The van der Waals surface area contributed by atoms with Gasteiger partial charge in [-0.2, -0.15) is 0 Å². The number of amides is 2. The molecule has 1 heterocycles. The Hall–Kier alpha value is -2.31. The van der Waals surface area contributed by atoms with Crippen molar-refractivity contribution in [3.63, 3.8) is 0 Å². The lowest BCUT2D eigenvalue weighted by molar-refractivity contribution is -0.147. The number of carbonyl (C=O) groups is 2. The molecule has 1 aromatic heterocycles. The molecule has 0 saturated heterocycles. The summed E-state index contributed by atoms with van der Waals surface area (Å²) in [5.74, 6) is -0.455. The maximum Gasteiger partial charge on any atom is 0.315 e. The van der Waals surface area contributed by atoms with Gasteiger partial charge in [0.1, 0.15) is 0 Å². The Morgan fingerprint density at radius 1 is 1.43 bits per heavy atom. The molecule has 1 aromatic rings. The topological polar surface area (TPSA) is 101 Å². The van der Waals surface area contributed by atoms with E-state index in [0.29, 0.717) is 18.8 Å². The van der Waals surface area contributed by atoms with Crippen molar-refractivity contribution < 1.29 is 19.4 Å². The molecule has 0 fully saturated rings. The van der Waals surface area contributed by atoms with Gasteiger partial charge in [-0.3, -0.25) is 4.79 Å². The molecule has 1 rings (SSSR count). The summed E-state index contributed by atoms with van der Waals surface area (Å²) in [7, 11) is 1.52. The molecule has 21 heavy (non-hydrogen) atoms. The van der Waals surface area contributed by atoms with Gasteiger partial charge in [-0.25, -0.2) is 9.78 Å². The van der Waals surface area contributed by atoms with Crippen molar-refractivity contribution >= 4 is 12.0 Å². The predicted octanol–water partition coefficient (Wildman–Crippen LogP) is 1.39. The largest absolute Gasteiger partial charge is 0.481 e. The first-order valence-electron chi connectivity index (χ1n) is 6.65. The third-order valence-corrected chi connectivity index (χ3v) is 3.40. The smallest absolute Gasteiger partial charge is 0.315 e. The van der Waals surface area contributed by atoms with Crippen molar-refractivity contribution in [1.29, 1.82) is 0 Å². The van der Waals surface area contributed by atoms with E-state index >= 15 is 0 Å². The normalized spacial score (nSPS) is 13.1. The van der Waals surface area contributed by atoms with Crippen molar-refractivity contribution in [2.45, 2.75) is 26.8 Å². The maximum atomic E-state index is 11.7. The Morgan fingerprint density at radius 3 is 2.71 bits per heavy atom. The first-order valence-corrected chi connectivity index (χ1v) is 6.65. The summed E-state index contributed by atoms with van der Waals surface area (Å²) in [4.78, 5) is 26.8. The summed E-state index contributed by atoms with van der Waals surface area (Å²) in [6.07, 6.45) is 2.02. The Balaban J connectivity index is 2.45. The average Bonchev–Trinajstić information content (AvgIpc) is 2.50. The lowest BCUT2D eigenvalue weighted by atomic mass is 9.88. The molecule has 0 aromatic carbocycles. The molecule has 116 valence electrons. The first kappa shape index (κ1) is 16.7. The SMILES string of the molecule is CCC(C)(CNC(=O)NCc1ccnc(OC)c1)C(=O)O. The number of urea groups is 1. The predicted molar refractivity (Wildman–Crippen MR) is 77.1 cm³/mol. The molecule has 7 nitrogen and oxygen atoms in total. The molecular weight excluding hydrogens is 274 g/mol. The fraction of sp³-hybridized carbons (Fsp3) is 0.500. The maximum absolute atomic E-state index is 11.7. The van der Waals surface area contributed by atoms with Gasteiger partial charge < -0.3 is 20.5 Å². The Bertz CT molecular complexity index is 507. The van der Waals surface area contributed by atoms with E-state index in [-0.39, 0.29) is 6.54 Å². The fourth-order valence-electron chi connectivity index (χ4n) is 1.54. The van der Waals surface area contributed by atoms with E-state index in [1.807, 2.05) is 0 Å². The molecule has 0 aliphatic rings. The number of methoxy groups -OCH3 is 1. The van der Waals surface area contributed by atoms with Gasteiger partial charge >= 0.3 is 12.0 Å². The van der Waals surface area contributed by atoms with Crippen LogP contribution >= 0.6 is 0 Å². The molecule has 0 radical (unpaired) electrons. The fourth-order valence-corrected chi connectivity index (χ4v) is 1.54. The van der Waals surface area contributed by atoms with Crippen LogP contribution in [0.1, 0.15) is 25.8 Å². The zero-order valence-electron chi connectivity index (χ0n) is 12.5. The third kappa shape index (κ3) is 4.94. The number of nitrogens with one attached hydrogen (secondary N) is 2. The van der Waals surface area contributed by atoms with E-state index in [1.165, 1.54) is 7.11 Å². The summed E-state index contributed by atoms with van der Waals surface area (Å²) >= 11 is 0. The molecule has 0 spiro atoms. The number of carboxylic acid groups (broad SMARTS) is 1. The van der Waals surface area contributed by atoms with Crippen LogP contribution in [0.5, 0.6) is 5.88 Å². The lowest BCUT2D eigenvalue weighted by Gasteiger charge is -2.23. The number of hydrogen-bond acceptors (Lipinski definition) is 4. The summed E-state index contributed by atoms with van der Waals surface area (Å²) in [6, 6.07) is 3.07. The molecule has 1 atom stereocenters. The van der Waals surface area contributed by atoms with Gasteiger partial charge in [0.05, 0.1) is 12.5 Å². The number of hydrogen-bond donors (Lipinski definition) is 3. The highest BCUT2D eigenvalue weighted by molar-refractivity contribution is 5.77. The van der Waals surface area contributed by atoms with Crippen LogP contribution in [0, 0.1) is 5.41 Å². The van der Waals surface area contributed by atoms with Gasteiger partial charge in [-0.05, 0) is 25.0 Å². The van der Waals surface area contributed by atoms with E-state index in [2.05, 4.69) is 15.6 Å². The van der Waals surface area contributed by atoms with Crippen molar-refractivity contribution in [2.24, 2.45) is 5.41 Å². The average molecular weight is 295 g/mol. The van der Waals surface area contributed by atoms with Crippen LogP contribution in [0.4, 0.5) is 4.79 Å². The third-order valence-electron chi connectivity index (χ3n) is 3.40. The quantitative estimate of drug-likeness (QED) is 0.705. The lowest BCUT2D eigenvalue weighted by Crippen LogP contribution is -2.44. The van der Waals surface area contributed by atoms with Gasteiger partial charge in [-0.1, -0.05) is 6.92 Å². The van der Waals surface area contributed by atoms with Gasteiger partial charge in [0.2, 0.25) is 5.88 Å². The van der Waals surface area contributed by atoms with Crippen LogP contribution < -0.4 is 15.4 Å². The Labute approximate surface area is 123 Å². The van der Waals surface area contributed by atoms with E-state index < -0.39 is 17.4 Å². The summed E-state index contributed by atoms with van der Waals surface area (Å²) in [6.45, 7) is 3.76. The molecule has 0 aliphatic heterocycles.